The van der Waals surface area contributed by atoms with Gasteiger partial charge in [0.05, 0.1) is 30.5 Å². The molecular weight excluding hydrogens is 394 g/mol. The monoisotopic (exact) mass is 419 g/mol. The molecule has 7 nitrogen and oxygen atoms in total. The average Bonchev–Trinajstić information content (AvgIpc) is 2.96. The molecule has 1 aromatic carbocycles. The van der Waals surface area contributed by atoms with Crippen LogP contribution in [-0.2, 0) is 9.53 Å². The predicted octanol–water partition coefficient (Wildman–Crippen LogP) is 3.60. The van der Waals surface area contributed by atoms with Gasteiger partial charge in [-0.15, -0.1) is 0 Å². The summed E-state index contributed by atoms with van der Waals surface area (Å²) >= 11 is 5.84. The van der Waals surface area contributed by atoms with Gasteiger partial charge in [0.1, 0.15) is 0 Å². The number of ether oxygens (including phenoxy) is 1. The molecular formula is C21H26ClN3O4. The fourth-order valence-corrected chi connectivity index (χ4v) is 3.14. The summed E-state index contributed by atoms with van der Waals surface area (Å²) in [5.74, 6) is -0.912. The Bertz CT molecular complexity index is 905. The number of benzene rings is 1. The number of ketones is 1. The van der Waals surface area contributed by atoms with Crippen LogP contribution in [0.15, 0.2) is 24.3 Å². The number of esters is 1. The molecule has 0 saturated heterocycles. The van der Waals surface area contributed by atoms with Gasteiger partial charge in [0, 0.05) is 16.4 Å². The van der Waals surface area contributed by atoms with E-state index >= 15 is 0 Å². The van der Waals surface area contributed by atoms with Gasteiger partial charge in [-0.1, -0.05) is 11.6 Å². The van der Waals surface area contributed by atoms with E-state index in [1.807, 2.05) is 0 Å². The number of nitrogens with one attached hydrogen (secondary N) is 2. The van der Waals surface area contributed by atoms with Crippen molar-refractivity contribution in [2.75, 3.05) is 25.5 Å². The number of nitrogens with zero attached hydrogens (tertiary/aromatic N) is 1. The lowest BCUT2D eigenvalue weighted by molar-refractivity contribution is -0.117. The van der Waals surface area contributed by atoms with Crippen molar-refractivity contribution in [3.05, 3.63) is 51.8 Å². The molecule has 2 rings (SSSR count). The van der Waals surface area contributed by atoms with Crippen LogP contribution in [0.1, 0.15) is 46.0 Å². The van der Waals surface area contributed by atoms with Gasteiger partial charge >= 0.3 is 5.97 Å². The van der Waals surface area contributed by atoms with E-state index < -0.39 is 12.0 Å². The van der Waals surface area contributed by atoms with E-state index in [9.17, 15) is 14.4 Å². The van der Waals surface area contributed by atoms with Gasteiger partial charge in [0.2, 0.25) is 5.91 Å². The van der Waals surface area contributed by atoms with Gasteiger partial charge in [0.15, 0.2) is 5.78 Å². The average molecular weight is 420 g/mol. The lowest BCUT2D eigenvalue weighted by Crippen LogP contribution is -2.41. The SMILES string of the molecule is CCOC(=O)c1c(C)[nH]c(C(=O)[C@H](C)N(C)CC(=O)Nc2ccc(Cl)cc2)c1C. The molecule has 1 atom stereocenters. The topological polar surface area (TPSA) is 91.5 Å². The number of aromatic amines is 1. The third-order valence-electron chi connectivity index (χ3n) is 4.73. The summed E-state index contributed by atoms with van der Waals surface area (Å²) in [6, 6.07) is 6.21. The first-order valence-electron chi connectivity index (χ1n) is 9.31. The van der Waals surface area contributed by atoms with Crippen LogP contribution in [0.25, 0.3) is 0 Å². The highest BCUT2D eigenvalue weighted by molar-refractivity contribution is 6.30. The minimum absolute atomic E-state index is 0.0268. The second-order valence-electron chi connectivity index (χ2n) is 6.86. The van der Waals surface area contributed by atoms with Gasteiger partial charge < -0.3 is 15.0 Å². The highest BCUT2D eigenvalue weighted by atomic mass is 35.5. The van der Waals surface area contributed by atoms with Crippen LogP contribution >= 0.6 is 11.6 Å². The van der Waals surface area contributed by atoms with Crippen molar-refractivity contribution in [1.29, 1.82) is 0 Å². The Balaban J connectivity index is 2.07. The molecule has 0 bridgehead atoms. The van der Waals surface area contributed by atoms with Crippen LogP contribution in [0.5, 0.6) is 0 Å². The lowest BCUT2D eigenvalue weighted by atomic mass is 10.0. The molecule has 1 heterocycles. The maximum Gasteiger partial charge on any atom is 0.340 e. The summed E-state index contributed by atoms with van der Waals surface area (Å²) in [6.07, 6.45) is 0. The Morgan fingerprint density at radius 1 is 1.21 bits per heavy atom. The van der Waals surface area contributed by atoms with E-state index in [1.165, 1.54) is 0 Å². The standard InChI is InChI=1S/C21H26ClN3O4/c1-6-29-21(28)18-12(2)19(23-13(18)3)20(27)14(4)25(5)11-17(26)24-16-9-7-15(22)8-10-16/h7-10,14,23H,6,11H2,1-5H3,(H,24,26)/t14-/m0/s1. The maximum absolute atomic E-state index is 13.0. The van der Waals surface area contributed by atoms with Gasteiger partial charge in [-0.3, -0.25) is 14.5 Å². The zero-order chi connectivity index (χ0) is 21.7. The van der Waals surface area contributed by atoms with Crippen LogP contribution < -0.4 is 5.32 Å². The van der Waals surface area contributed by atoms with Gasteiger partial charge in [-0.05, 0) is 64.6 Å². The van der Waals surface area contributed by atoms with E-state index in [0.29, 0.717) is 33.2 Å². The Labute approximate surface area is 175 Å². The summed E-state index contributed by atoms with van der Waals surface area (Å²) in [5, 5.41) is 3.35. The molecule has 0 spiro atoms. The van der Waals surface area contributed by atoms with Crippen LogP contribution in [0.4, 0.5) is 5.69 Å². The fraction of sp³-hybridized carbons (Fsp3) is 0.381. The number of amides is 1. The number of aromatic nitrogens is 1. The first-order valence-corrected chi connectivity index (χ1v) is 9.69. The normalized spacial score (nSPS) is 12.0. The number of Topliss-reactive ketones (excluding diaryl/α,β-unsaturated/α-hetero) is 1. The molecule has 1 aromatic heterocycles. The Morgan fingerprint density at radius 2 is 1.83 bits per heavy atom. The molecule has 2 N–H and O–H groups in total. The van der Waals surface area contributed by atoms with Crippen molar-refractivity contribution in [2.45, 2.75) is 33.7 Å². The molecule has 0 radical (unpaired) electrons. The minimum Gasteiger partial charge on any atom is -0.462 e. The van der Waals surface area contributed by atoms with Crippen LogP contribution in [0.3, 0.4) is 0 Å². The number of hydrogen-bond acceptors (Lipinski definition) is 5. The van der Waals surface area contributed by atoms with E-state index in [1.54, 1.807) is 63.9 Å². The third kappa shape index (κ3) is 5.46. The highest BCUT2D eigenvalue weighted by Crippen LogP contribution is 2.21. The quantitative estimate of drug-likeness (QED) is 0.503. The number of halogens is 1. The van der Waals surface area contributed by atoms with Crippen LogP contribution in [0, 0.1) is 13.8 Å². The predicted molar refractivity (Wildman–Crippen MR) is 113 cm³/mol. The van der Waals surface area contributed by atoms with Gasteiger partial charge in [0.25, 0.3) is 0 Å². The molecule has 8 heteroatoms. The Hall–Kier alpha value is -2.64. The molecule has 0 saturated carbocycles. The number of aryl methyl sites for hydroxylation is 1. The van der Waals surface area contributed by atoms with Crippen molar-refractivity contribution >= 4 is 34.9 Å². The smallest absolute Gasteiger partial charge is 0.340 e. The molecule has 1 amide bonds. The number of likely N-dealkylation sites (N-methyl/N-ethyl adjacent to an activating group) is 1. The molecule has 2 aromatic rings. The first-order chi connectivity index (χ1) is 13.6. The van der Waals surface area contributed by atoms with Crippen LogP contribution in [-0.4, -0.2) is 53.8 Å². The second kappa shape index (κ2) is 9.71. The molecule has 156 valence electrons. The molecule has 29 heavy (non-hydrogen) atoms. The summed E-state index contributed by atoms with van der Waals surface area (Å²) in [4.78, 5) is 42.0. The lowest BCUT2D eigenvalue weighted by Gasteiger charge is -2.23. The third-order valence-corrected chi connectivity index (χ3v) is 4.98. The fourth-order valence-electron chi connectivity index (χ4n) is 3.01. The summed E-state index contributed by atoms with van der Waals surface area (Å²) < 4.78 is 5.07. The summed E-state index contributed by atoms with van der Waals surface area (Å²) in [5.41, 5.74) is 2.49. The van der Waals surface area contributed by atoms with E-state index in [4.69, 9.17) is 16.3 Å². The molecule has 0 unspecified atom stereocenters. The second-order valence-corrected chi connectivity index (χ2v) is 7.29. The number of anilines is 1. The molecule has 0 aliphatic heterocycles. The van der Waals surface area contributed by atoms with Crippen molar-refractivity contribution in [3.8, 4) is 0 Å². The van der Waals surface area contributed by atoms with Crippen molar-refractivity contribution < 1.29 is 19.1 Å². The van der Waals surface area contributed by atoms with Gasteiger partial charge in [-0.2, -0.15) is 0 Å². The zero-order valence-electron chi connectivity index (χ0n) is 17.3. The van der Waals surface area contributed by atoms with Crippen LogP contribution in [0.2, 0.25) is 5.02 Å². The largest absolute Gasteiger partial charge is 0.462 e. The minimum atomic E-state index is -0.572. The number of carbonyl (C=O) groups is 3. The van der Waals surface area contributed by atoms with Crippen molar-refractivity contribution in [3.63, 3.8) is 0 Å². The number of carbonyl (C=O) groups excluding carboxylic acids is 3. The Morgan fingerprint density at radius 3 is 2.41 bits per heavy atom. The van der Waals surface area contributed by atoms with Gasteiger partial charge in [-0.25, -0.2) is 4.79 Å². The summed E-state index contributed by atoms with van der Waals surface area (Å²) in [6.45, 7) is 7.17. The first kappa shape index (κ1) is 22.6. The summed E-state index contributed by atoms with van der Waals surface area (Å²) in [7, 11) is 1.70. The van der Waals surface area contributed by atoms with E-state index in [-0.39, 0.29) is 24.8 Å². The number of hydrogen-bond donors (Lipinski definition) is 2. The van der Waals surface area contributed by atoms with E-state index in [0.717, 1.165) is 0 Å². The zero-order valence-corrected chi connectivity index (χ0v) is 18.0. The molecule has 0 aliphatic carbocycles. The maximum atomic E-state index is 13.0. The van der Waals surface area contributed by atoms with Crippen molar-refractivity contribution in [2.24, 2.45) is 0 Å². The Kier molecular flexibility index (Phi) is 7.59. The number of rotatable bonds is 8. The number of H-pyrrole nitrogens is 1. The molecule has 0 fully saturated rings. The van der Waals surface area contributed by atoms with Crippen molar-refractivity contribution in [1.82, 2.24) is 9.88 Å². The van der Waals surface area contributed by atoms with E-state index in [2.05, 4.69) is 10.3 Å². The highest BCUT2D eigenvalue weighted by Gasteiger charge is 2.28. The molecule has 0 aliphatic rings.